The molecule has 2 aromatic rings. The van der Waals surface area contributed by atoms with Crippen molar-refractivity contribution in [1.82, 2.24) is 15.2 Å². The average Bonchev–Trinajstić information content (AvgIpc) is 2.74. The summed E-state index contributed by atoms with van der Waals surface area (Å²) < 4.78 is 0. The number of piperidine rings is 1. The van der Waals surface area contributed by atoms with Gasteiger partial charge in [0.15, 0.2) is 11.6 Å². The zero-order valence-corrected chi connectivity index (χ0v) is 14.9. The highest BCUT2D eigenvalue weighted by molar-refractivity contribution is 5.55. The van der Waals surface area contributed by atoms with Crippen LogP contribution in [0, 0.1) is 11.3 Å². The standard InChI is InChI=1S/C19H23N7/c20-15-16-5-4-8-21-19(16)26-13-11-25(12-14-26)18-7-6-17(22-23-18)24-9-2-1-3-10-24/h4-8H,1-3,9-14H2. The van der Waals surface area contributed by atoms with Crippen LogP contribution in [-0.2, 0) is 0 Å². The second-order valence-electron chi connectivity index (χ2n) is 6.76. The zero-order valence-electron chi connectivity index (χ0n) is 14.9. The van der Waals surface area contributed by atoms with E-state index in [2.05, 4.69) is 48.1 Å². The summed E-state index contributed by atoms with van der Waals surface area (Å²) in [6, 6.07) is 10.0. The van der Waals surface area contributed by atoms with Crippen molar-refractivity contribution in [3.63, 3.8) is 0 Å². The van der Waals surface area contributed by atoms with E-state index in [9.17, 15) is 5.26 Å². The van der Waals surface area contributed by atoms with Crippen LogP contribution in [-0.4, -0.2) is 54.4 Å². The molecule has 0 N–H and O–H groups in total. The van der Waals surface area contributed by atoms with Crippen molar-refractivity contribution in [2.75, 3.05) is 54.0 Å². The maximum Gasteiger partial charge on any atom is 0.151 e. The zero-order chi connectivity index (χ0) is 17.8. The van der Waals surface area contributed by atoms with E-state index in [1.807, 2.05) is 6.07 Å². The minimum Gasteiger partial charge on any atom is -0.355 e. The Morgan fingerprint density at radius 2 is 1.38 bits per heavy atom. The van der Waals surface area contributed by atoms with Crippen LogP contribution >= 0.6 is 0 Å². The highest BCUT2D eigenvalue weighted by atomic mass is 15.3. The number of rotatable bonds is 3. The fourth-order valence-electron chi connectivity index (χ4n) is 3.66. The molecule has 0 saturated carbocycles. The summed E-state index contributed by atoms with van der Waals surface area (Å²) in [6.45, 7) is 5.50. The molecular weight excluding hydrogens is 326 g/mol. The number of piperazine rings is 1. The van der Waals surface area contributed by atoms with E-state index in [0.717, 1.165) is 56.7 Å². The van der Waals surface area contributed by atoms with E-state index in [4.69, 9.17) is 0 Å². The van der Waals surface area contributed by atoms with Crippen molar-refractivity contribution in [2.45, 2.75) is 19.3 Å². The van der Waals surface area contributed by atoms with Gasteiger partial charge in [-0.3, -0.25) is 0 Å². The Bertz CT molecular complexity index is 769. The summed E-state index contributed by atoms with van der Waals surface area (Å²) >= 11 is 0. The Morgan fingerprint density at radius 3 is 2.00 bits per heavy atom. The molecule has 2 aliphatic rings. The molecule has 2 fully saturated rings. The van der Waals surface area contributed by atoms with Gasteiger partial charge < -0.3 is 14.7 Å². The monoisotopic (exact) mass is 349 g/mol. The number of anilines is 3. The number of hydrogen-bond donors (Lipinski definition) is 0. The van der Waals surface area contributed by atoms with Gasteiger partial charge in [0.2, 0.25) is 0 Å². The first-order chi connectivity index (χ1) is 12.8. The summed E-state index contributed by atoms with van der Waals surface area (Å²) in [5.74, 6) is 2.69. The van der Waals surface area contributed by atoms with Gasteiger partial charge in [-0.15, -0.1) is 10.2 Å². The molecule has 0 bridgehead atoms. The van der Waals surface area contributed by atoms with E-state index >= 15 is 0 Å². The summed E-state index contributed by atoms with van der Waals surface area (Å²) in [4.78, 5) is 11.1. The molecule has 2 aromatic heterocycles. The fraction of sp³-hybridized carbons (Fsp3) is 0.474. The third-order valence-corrected chi connectivity index (χ3v) is 5.13. The molecule has 0 atom stereocenters. The van der Waals surface area contributed by atoms with E-state index in [0.29, 0.717) is 5.56 Å². The maximum atomic E-state index is 9.26. The van der Waals surface area contributed by atoms with Crippen molar-refractivity contribution in [3.05, 3.63) is 36.0 Å². The van der Waals surface area contributed by atoms with Crippen molar-refractivity contribution in [3.8, 4) is 6.07 Å². The van der Waals surface area contributed by atoms with Crippen LogP contribution in [0.4, 0.5) is 17.5 Å². The quantitative estimate of drug-likeness (QED) is 0.840. The van der Waals surface area contributed by atoms with Crippen LogP contribution < -0.4 is 14.7 Å². The Morgan fingerprint density at radius 1 is 0.769 bits per heavy atom. The number of nitrogens with zero attached hydrogens (tertiary/aromatic N) is 7. The van der Waals surface area contributed by atoms with Gasteiger partial charge in [0, 0.05) is 45.5 Å². The molecule has 0 radical (unpaired) electrons. The molecule has 2 saturated heterocycles. The van der Waals surface area contributed by atoms with Crippen LogP contribution in [0.15, 0.2) is 30.5 Å². The Hall–Kier alpha value is -2.88. The van der Waals surface area contributed by atoms with Gasteiger partial charge in [0.25, 0.3) is 0 Å². The minimum absolute atomic E-state index is 0.631. The van der Waals surface area contributed by atoms with E-state index in [-0.39, 0.29) is 0 Å². The molecular formula is C19H23N7. The topological polar surface area (TPSA) is 72.2 Å². The molecule has 0 aromatic carbocycles. The molecule has 7 nitrogen and oxygen atoms in total. The largest absolute Gasteiger partial charge is 0.355 e. The Balaban J connectivity index is 1.39. The van der Waals surface area contributed by atoms with Gasteiger partial charge in [-0.25, -0.2) is 4.98 Å². The van der Waals surface area contributed by atoms with Gasteiger partial charge in [0.05, 0.1) is 5.56 Å². The number of aromatic nitrogens is 3. The smallest absolute Gasteiger partial charge is 0.151 e. The lowest BCUT2D eigenvalue weighted by atomic mass is 10.1. The van der Waals surface area contributed by atoms with Crippen molar-refractivity contribution >= 4 is 17.5 Å². The Labute approximate surface area is 153 Å². The molecule has 0 spiro atoms. The SMILES string of the molecule is N#Cc1cccnc1N1CCN(c2ccc(N3CCCCC3)nn2)CC1. The average molecular weight is 349 g/mol. The molecule has 0 aliphatic carbocycles. The van der Waals surface area contributed by atoms with Crippen LogP contribution in [0.25, 0.3) is 0 Å². The molecule has 4 rings (SSSR count). The predicted molar refractivity (Wildman–Crippen MR) is 101 cm³/mol. The Kier molecular flexibility index (Phi) is 4.82. The summed E-state index contributed by atoms with van der Waals surface area (Å²) in [6.07, 6.45) is 5.54. The summed E-state index contributed by atoms with van der Waals surface area (Å²) in [5, 5.41) is 18.2. The van der Waals surface area contributed by atoms with E-state index in [1.165, 1.54) is 19.3 Å². The second kappa shape index (κ2) is 7.56. The highest BCUT2D eigenvalue weighted by Crippen LogP contribution is 2.22. The summed E-state index contributed by atoms with van der Waals surface area (Å²) in [7, 11) is 0. The second-order valence-corrected chi connectivity index (χ2v) is 6.76. The highest BCUT2D eigenvalue weighted by Gasteiger charge is 2.21. The minimum atomic E-state index is 0.631. The number of pyridine rings is 1. The first-order valence-corrected chi connectivity index (χ1v) is 9.29. The van der Waals surface area contributed by atoms with E-state index in [1.54, 1.807) is 12.3 Å². The molecule has 0 amide bonds. The first-order valence-electron chi connectivity index (χ1n) is 9.29. The number of nitriles is 1. The first kappa shape index (κ1) is 16.6. The molecule has 0 unspecified atom stereocenters. The van der Waals surface area contributed by atoms with Gasteiger partial charge >= 0.3 is 0 Å². The lowest BCUT2D eigenvalue weighted by Gasteiger charge is -2.36. The van der Waals surface area contributed by atoms with Gasteiger partial charge in [-0.2, -0.15) is 5.26 Å². The molecule has 4 heterocycles. The van der Waals surface area contributed by atoms with Crippen LogP contribution in [0.5, 0.6) is 0 Å². The van der Waals surface area contributed by atoms with Crippen LogP contribution in [0.1, 0.15) is 24.8 Å². The normalized spacial score (nSPS) is 17.9. The predicted octanol–water partition coefficient (Wildman–Crippen LogP) is 2.06. The fourth-order valence-corrected chi connectivity index (χ4v) is 3.66. The molecule has 134 valence electrons. The summed E-state index contributed by atoms with van der Waals surface area (Å²) in [5.41, 5.74) is 0.631. The van der Waals surface area contributed by atoms with Gasteiger partial charge in [-0.05, 0) is 43.5 Å². The van der Waals surface area contributed by atoms with Crippen molar-refractivity contribution in [1.29, 1.82) is 5.26 Å². The van der Waals surface area contributed by atoms with Crippen molar-refractivity contribution < 1.29 is 0 Å². The van der Waals surface area contributed by atoms with Crippen molar-refractivity contribution in [2.24, 2.45) is 0 Å². The third kappa shape index (κ3) is 3.40. The third-order valence-electron chi connectivity index (χ3n) is 5.13. The van der Waals surface area contributed by atoms with Gasteiger partial charge in [-0.1, -0.05) is 0 Å². The van der Waals surface area contributed by atoms with E-state index < -0.39 is 0 Å². The molecule has 2 aliphatic heterocycles. The lowest BCUT2D eigenvalue weighted by Crippen LogP contribution is -2.47. The lowest BCUT2D eigenvalue weighted by molar-refractivity contribution is 0.570. The molecule has 7 heteroatoms. The van der Waals surface area contributed by atoms with Gasteiger partial charge in [0.1, 0.15) is 11.9 Å². The number of hydrogen-bond acceptors (Lipinski definition) is 7. The maximum absolute atomic E-state index is 9.26. The van der Waals surface area contributed by atoms with Crippen LogP contribution in [0.2, 0.25) is 0 Å². The van der Waals surface area contributed by atoms with Crippen LogP contribution in [0.3, 0.4) is 0 Å². The molecule has 26 heavy (non-hydrogen) atoms.